The number of thioether (sulfide) groups is 1. The van der Waals surface area contributed by atoms with Gasteiger partial charge >= 0.3 is 0 Å². The molecule has 0 spiro atoms. The number of rotatable bonds is 5. The lowest BCUT2D eigenvalue weighted by molar-refractivity contribution is 0.317. The zero-order valence-corrected chi connectivity index (χ0v) is 14.1. The Bertz CT molecular complexity index is 450. The summed E-state index contributed by atoms with van der Waals surface area (Å²) >= 11 is 8.30. The summed E-state index contributed by atoms with van der Waals surface area (Å²) in [5.74, 6) is 3.18. The Morgan fingerprint density at radius 2 is 2.25 bits per heavy atom. The van der Waals surface area contributed by atoms with E-state index < -0.39 is 0 Å². The van der Waals surface area contributed by atoms with Gasteiger partial charge in [0.15, 0.2) is 0 Å². The van der Waals surface area contributed by atoms with E-state index in [9.17, 15) is 0 Å². The van der Waals surface area contributed by atoms with E-state index in [0.717, 1.165) is 23.6 Å². The predicted molar refractivity (Wildman–Crippen MR) is 90.4 cm³/mol. The highest BCUT2D eigenvalue weighted by atomic mass is 35.5. The third-order valence-electron chi connectivity index (χ3n) is 3.38. The standard InChI is InChI=1S/C16H24ClNOS/c1-4-7-19-15-6-5-12(8-14(15)17)18-13-9-16(2,3)11-20-10-13/h5-6,8,13,18H,4,7,9-11H2,1-3H3. The Morgan fingerprint density at radius 1 is 1.45 bits per heavy atom. The van der Waals surface area contributed by atoms with Crippen LogP contribution in [-0.2, 0) is 0 Å². The van der Waals surface area contributed by atoms with Gasteiger partial charge in [-0.3, -0.25) is 0 Å². The fourth-order valence-corrected chi connectivity index (χ4v) is 4.02. The Morgan fingerprint density at radius 3 is 2.90 bits per heavy atom. The minimum absolute atomic E-state index is 0.411. The Hall–Kier alpha value is -0.540. The topological polar surface area (TPSA) is 21.3 Å². The average Bonchev–Trinajstić information content (AvgIpc) is 2.36. The summed E-state index contributed by atoms with van der Waals surface area (Å²) in [6.45, 7) is 7.47. The molecular weight excluding hydrogens is 290 g/mol. The molecule has 1 aliphatic rings. The molecule has 2 nitrogen and oxygen atoms in total. The van der Waals surface area contributed by atoms with Crippen molar-refractivity contribution < 1.29 is 4.74 Å². The van der Waals surface area contributed by atoms with Crippen molar-refractivity contribution in [3.8, 4) is 5.75 Å². The van der Waals surface area contributed by atoms with E-state index in [1.54, 1.807) is 0 Å². The van der Waals surface area contributed by atoms with Crippen molar-refractivity contribution in [2.75, 3.05) is 23.4 Å². The molecule has 112 valence electrons. The SMILES string of the molecule is CCCOc1ccc(NC2CSCC(C)(C)C2)cc1Cl. The van der Waals surface area contributed by atoms with Crippen molar-refractivity contribution in [2.45, 2.75) is 39.7 Å². The maximum Gasteiger partial charge on any atom is 0.138 e. The van der Waals surface area contributed by atoms with Gasteiger partial charge in [-0.1, -0.05) is 32.4 Å². The largest absolute Gasteiger partial charge is 0.492 e. The van der Waals surface area contributed by atoms with Crippen LogP contribution in [0.5, 0.6) is 5.75 Å². The summed E-state index contributed by atoms with van der Waals surface area (Å²) in [5.41, 5.74) is 1.50. The van der Waals surface area contributed by atoms with E-state index in [2.05, 4.69) is 32.2 Å². The summed E-state index contributed by atoms with van der Waals surface area (Å²) in [6, 6.07) is 6.51. The summed E-state index contributed by atoms with van der Waals surface area (Å²) in [7, 11) is 0. The summed E-state index contributed by atoms with van der Waals surface area (Å²) in [5, 5.41) is 4.29. The molecule has 0 bridgehead atoms. The van der Waals surface area contributed by atoms with Gasteiger partial charge in [0.2, 0.25) is 0 Å². The quantitative estimate of drug-likeness (QED) is 0.819. The zero-order chi connectivity index (χ0) is 14.6. The van der Waals surface area contributed by atoms with Crippen LogP contribution < -0.4 is 10.1 Å². The van der Waals surface area contributed by atoms with Gasteiger partial charge in [0.25, 0.3) is 0 Å². The van der Waals surface area contributed by atoms with Crippen LogP contribution in [0.1, 0.15) is 33.6 Å². The number of hydrogen-bond acceptors (Lipinski definition) is 3. The van der Waals surface area contributed by atoms with Gasteiger partial charge in [0.05, 0.1) is 11.6 Å². The summed E-state index contributed by atoms with van der Waals surface area (Å²) < 4.78 is 5.60. The fourth-order valence-electron chi connectivity index (χ4n) is 2.51. The van der Waals surface area contributed by atoms with Gasteiger partial charge in [0.1, 0.15) is 5.75 Å². The van der Waals surface area contributed by atoms with Crippen LogP contribution in [0.15, 0.2) is 18.2 Å². The van der Waals surface area contributed by atoms with E-state index in [-0.39, 0.29) is 0 Å². The molecule has 1 aliphatic heterocycles. The van der Waals surface area contributed by atoms with E-state index >= 15 is 0 Å². The number of halogens is 1. The Kier molecular flexibility index (Phi) is 5.50. The number of nitrogens with one attached hydrogen (secondary N) is 1. The van der Waals surface area contributed by atoms with Crippen molar-refractivity contribution in [2.24, 2.45) is 5.41 Å². The van der Waals surface area contributed by atoms with Gasteiger partial charge < -0.3 is 10.1 Å². The molecule has 1 fully saturated rings. The van der Waals surface area contributed by atoms with Gasteiger partial charge in [-0.2, -0.15) is 11.8 Å². The fraction of sp³-hybridized carbons (Fsp3) is 0.625. The molecule has 1 saturated heterocycles. The monoisotopic (exact) mass is 313 g/mol. The van der Waals surface area contributed by atoms with Crippen LogP contribution in [0.4, 0.5) is 5.69 Å². The molecule has 20 heavy (non-hydrogen) atoms. The average molecular weight is 314 g/mol. The van der Waals surface area contributed by atoms with Crippen molar-refractivity contribution in [1.29, 1.82) is 0 Å². The normalized spacial score (nSPS) is 21.5. The third kappa shape index (κ3) is 4.49. The van der Waals surface area contributed by atoms with E-state index in [1.165, 1.54) is 12.2 Å². The molecule has 1 unspecified atom stereocenters. The van der Waals surface area contributed by atoms with E-state index in [0.29, 0.717) is 23.1 Å². The lowest BCUT2D eigenvalue weighted by Crippen LogP contribution is -2.35. The lowest BCUT2D eigenvalue weighted by Gasteiger charge is -2.35. The first kappa shape index (κ1) is 15.8. The second-order valence-corrected chi connectivity index (χ2v) is 7.66. The van der Waals surface area contributed by atoms with Gasteiger partial charge in [-0.15, -0.1) is 0 Å². The first-order valence-electron chi connectivity index (χ1n) is 7.27. The molecule has 0 aliphatic carbocycles. The molecule has 0 aromatic heterocycles. The lowest BCUT2D eigenvalue weighted by atomic mass is 9.88. The van der Waals surface area contributed by atoms with Crippen molar-refractivity contribution in [1.82, 2.24) is 0 Å². The molecule has 1 aromatic carbocycles. The van der Waals surface area contributed by atoms with Crippen molar-refractivity contribution in [3.63, 3.8) is 0 Å². The number of benzene rings is 1. The van der Waals surface area contributed by atoms with Crippen LogP contribution >= 0.6 is 23.4 Å². The number of hydrogen-bond donors (Lipinski definition) is 1. The molecule has 0 saturated carbocycles. The first-order valence-corrected chi connectivity index (χ1v) is 8.80. The maximum absolute atomic E-state index is 6.27. The minimum Gasteiger partial charge on any atom is -0.492 e. The van der Waals surface area contributed by atoms with Gasteiger partial charge in [0, 0.05) is 17.5 Å². The molecule has 0 radical (unpaired) electrons. The van der Waals surface area contributed by atoms with Crippen LogP contribution in [0.25, 0.3) is 0 Å². The molecule has 4 heteroatoms. The predicted octanol–water partition coefficient (Wildman–Crippen LogP) is 5.07. The molecule has 1 atom stereocenters. The van der Waals surface area contributed by atoms with Crippen LogP contribution in [0.3, 0.4) is 0 Å². The van der Waals surface area contributed by atoms with Crippen LogP contribution in [0.2, 0.25) is 5.02 Å². The summed E-state index contributed by atoms with van der Waals surface area (Å²) in [6.07, 6.45) is 2.19. The van der Waals surface area contributed by atoms with Gasteiger partial charge in [-0.25, -0.2) is 0 Å². The Labute approximate surface area is 131 Å². The molecule has 1 aromatic rings. The molecule has 0 amide bonds. The third-order valence-corrected chi connectivity index (χ3v) is 5.29. The van der Waals surface area contributed by atoms with E-state index in [1.807, 2.05) is 23.9 Å². The maximum atomic E-state index is 6.27. The van der Waals surface area contributed by atoms with Crippen molar-refractivity contribution >= 4 is 29.1 Å². The second kappa shape index (κ2) is 6.95. The smallest absolute Gasteiger partial charge is 0.138 e. The van der Waals surface area contributed by atoms with Gasteiger partial charge in [-0.05, 0) is 42.2 Å². The highest BCUT2D eigenvalue weighted by Gasteiger charge is 2.28. The minimum atomic E-state index is 0.411. The van der Waals surface area contributed by atoms with Crippen LogP contribution in [0, 0.1) is 5.41 Å². The van der Waals surface area contributed by atoms with Crippen molar-refractivity contribution in [3.05, 3.63) is 23.2 Å². The zero-order valence-electron chi connectivity index (χ0n) is 12.5. The Balaban J connectivity index is 1.98. The second-order valence-electron chi connectivity index (χ2n) is 6.22. The number of anilines is 1. The first-order chi connectivity index (χ1) is 9.50. The van der Waals surface area contributed by atoms with E-state index in [4.69, 9.17) is 16.3 Å². The highest BCUT2D eigenvalue weighted by Crippen LogP contribution is 2.35. The summed E-state index contributed by atoms with van der Waals surface area (Å²) in [4.78, 5) is 0. The molecule has 1 heterocycles. The molecular formula is C16H24ClNOS. The molecule has 1 N–H and O–H groups in total. The van der Waals surface area contributed by atoms with Crippen LogP contribution in [-0.4, -0.2) is 24.2 Å². The highest BCUT2D eigenvalue weighted by molar-refractivity contribution is 7.99. The molecule has 2 rings (SSSR count). The number of ether oxygens (including phenoxy) is 1.